The average Bonchev–Trinajstić information content (AvgIpc) is 2.60. The van der Waals surface area contributed by atoms with E-state index in [1.54, 1.807) is 18.2 Å². The minimum atomic E-state index is -1.69. The number of anilines is 1. The van der Waals surface area contributed by atoms with Crippen molar-refractivity contribution in [1.82, 2.24) is 0 Å². The van der Waals surface area contributed by atoms with Crippen LogP contribution in [0.15, 0.2) is 24.3 Å². The van der Waals surface area contributed by atoms with Gasteiger partial charge in [0.25, 0.3) is 5.91 Å². The molecule has 10 nitrogen and oxygen atoms in total. The standard InChI is InChI=1S/C20H25NO9/c1-11-7-6-8-16(9-11)21-20(26)19(30-15(5)25)18(29-14(4)24)17(28-13(3)23)10-27-12(2)22/h6-9,17-19H,10H2,1-5H3,(H,21,26)/t17-,18-,19+/m0/s1. The van der Waals surface area contributed by atoms with Gasteiger partial charge >= 0.3 is 23.9 Å². The average molecular weight is 423 g/mol. The fourth-order valence-corrected chi connectivity index (χ4v) is 2.52. The lowest BCUT2D eigenvalue weighted by Gasteiger charge is -2.30. The molecule has 1 amide bonds. The summed E-state index contributed by atoms with van der Waals surface area (Å²) in [7, 11) is 0. The molecule has 0 heterocycles. The van der Waals surface area contributed by atoms with E-state index in [2.05, 4.69) is 5.32 Å². The fourth-order valence-electron chi connectivity index (χ4n) is 2.52. The van der Waals surface area contributed by atoms with Gasteiger partial charge in [-0.1, -0.05) is 12.1 Å². The number of aryl methyl sites for hydroxylation is 1. The maximum atomic E-state index is 12.9. The quantitative estimate of drug-likeness (QED) is 0.460. The van der Waals surface area contributed by atoms with Gasteiger partial charge in [-0.3, -0.25) is 24.0 Å². The van der Waals surface area contributed by atoms with Crippen LogP contribution in [0.4, 0.5) is 5.69 Å². The minimum absolute atomic E-state index is 0.405. The van der Waals surface area contributed by atoms with Gasteiger partial charge < -0.3 is 24.3 Å². The third kappa shape index (κ3) is 8.72. The summed E-state index contributed by atoms with van der Waals surface area (Å²) >= 11 is 0. The topological polar surface area (TPSA) is 134 Å². The molecule has 1 N–H and O–H groups in total. The number of carbonyl (C=O) groups is 5. The molecule has 0 spiro atoms. The van der Waals surface area contributed by atoms with Gasteiger partial charge in [-0.05, 0) is 24.6 Å². The van der Waals surface area contributed by atoms with Gasteiger partial charge in [-0.15, -0.1) is 0 Å². The zero-order chi connectivity index (χ0) is 22.8. The van der Waals surface area contributed by atoms with Crippen molar-refractivity contribution in [3.63, 3.8) is 0 Å². The Balaban J connectivity index is 3.27. The SMILES string of the molecule is CC(=O)OC[C@H](OC(C)=O)[C@H](OC(C)=O)[C@@H](OC(C)=O)C(=O)Nc1cccc(C)c1. The van der Waals surface area contributed by atoms with Gasteiger partial charge in [-0.25, -0.2) is 0 Å². The van der Waals surface area contributed by atoms with Gasteiger partial charge in [0.15, 0.2) is 12.2 Å². The third-order valence-corrected chi connectivity index (χ3v) is 3.57. The lowest BCUT2D eigenvalue weighted by Crippen LogP contribution is -2.52. The van der Waals surface area contributed by atoms with Crippen LogP contribution in [-0.2, 0) is 42.9 Å². The number of hydrogen-bond donors (Lipinski definition) is 1. The molecule has 0 fully saturated rings. The number of esters is 4. The van der Waals surface area contributed by atoms with Crippen LogP contribution in [0.1, 0.15) is 33.3 Å². The Bertz CT molecular complexity index is 805. The van der Waals surface area contributed by atoms with Crippen LogP contribution in [0.25, 0.3) is 0 Å². The van der Waals surface area contributed by atoms with E-state index >= 15 is 0 Å². The molecule has 0 aliphatic heterocycles. The molecule has 10 heteroatoms. The Labute approximate surface area is 173 Å². The highest BCUT2D eigenvalue weighted by atomic mass is 16.6. The summed E-state index contributed by atoms with van der Waals surface area (Å²) in [4.78, 5) is 58.9. The van der Waals surface area contributed by atoms with Crippen molar-refractivity contribution in [2.24, 2.45) is 0 Å². The van der Waals surface area contributed by atoms with Crippen molar-refractivity contribution in [2.75, 3.05) is 11.9 Å². The predicted molar refractivity (Wildman–Crippen MR) is 103 cm³/mol. The zero-order valence-electron chi connectivity index (χ0n) is 17.4. The molecule has 1 aromatic rings. The summed E-state index contributed by atoms with van der Waals surface area (Å²) in [6.07, 6.45) is -4.66. The molecular weight excluding hydrogens is 398 g/mol. The minimum Gasteiger partial charge on any atom is -0.462 e. The Morgan fingerprint density at radius 1 is 0.867 bits per heavy atom. The van der Waals surface area contributed by atoms with E-state index in [9.17, 15) is 24.0 Å². The van der Waals surface area contributed by atoms with Crippen LogP contribution in [-0.4, -0.2) is 54.7 Å². The maximum Gasteiger partial charge on any atom is 0.303 e. The van der Waals surface area contributed by atoms with Crippen molar-refractivity contribution in [2.45, 2.75) is 52.9 Å². The molecule has 0 radical (unpaired) electrons. The van der Waals surface area contributed by atoms with Crippen molar-refractivity contribution in [1.29, 1.82) is 0 Å². The molecule has 0 bridgehead atoms. The van der Waals surface area contributed by atoms with Crippen LogP contribution in [0.2, 0.25) is 0 Å². The largest absolute Gasteiger partial charge is 0.462 e. The zero-order valence-corrected chi connectivity index (χ0v) is 17.4. The first-order valence-electron chi connectivity index (χ1n) is 9.02. The second-order valence-corrected chi connectivity index (χ2v) is 6.41. The molecule has 0 unspecified atom stereocenters. The number of nitrogens with one attached hydrogen (secondary N) is 1. The van der Waals surface area contributed by atoms with Gasteiger partial charge in [-0.2, -0.15) is 0 Å². The van der Waals surface area contributed by atoms with Crippen molar-refractivity contribution >= 4 is 35.5 Å². The number of amides is 1. The van der Waals surface area contributed by atoms with Crippen molar-refractivity contribution in [3.8, 4) is 0 Å². The summed E-state index contributed by atoms with van der Waals surface area (Å²) in [5, 5.41) is 2.56. The summed E-state index contributed by atoms with van der Waals surface area (Å²) in [6.45, 7) is 5.62. The van der Waals surface area contributed by atoms with Gasteiger partial charge in [0, 0.05) is 33.4 Å². The smallest absolute Gasteiger partial charge is 0.303 e. The van der Waals surface area contributed by atoms with Crippen LogP contribution < -0.4 is 5.32 Å². The Hall–Kier alpha value is -3.43. The number of hydrogen-bond acceptors (Lipinski definition) is 9. The normalized spacial score (nSPS) is 13.2. The Kier molecular flexibility index (Phi) is 9.47. The monoisotopic (exact) mass is 423 g/mol. The van der Waals surface area contributed by atoms with E-state index in [1.807, 2.05) is 13.0 Å². The first-order chi connectivity index (χ1) is 14.0. The van der Waals surface area contributed by atoms with Crippen LogP contribution in [0.3, 0.4) is 0 Å². The van der Waals surface area contributed by atoms with Gasteiger partial charge in [0.2, 0.25) is 6.10 Å². The lowest BCUT2D eigenvalue weighted by molar-refractivity contribution is -0.190. The molecular formula is C20H25NO9. The summed E-state index contributed by atoms with van der Waals surface area (Å²) in [5.41, 5.74) is 1.27. The van der Waals surface area contributed by atoms with E-state index in [0.29, 0.717) is 5.69 Å². The molecule has 3 atom stereocenters. The number of rotatable bonds is 9. The van der Waals surface area contributed by atoms with E-state index in [1.165, 1.54) is 0 Å². The highest BCUT2D eigenvalue weighted by Crippen LogP contribution is 2.18. The maximum absolute atomic E-state index is 12.9. The summed E-state index contributed by atoms with van der Waals surface area (Å²) in [5.74, 6) is -3.99. The highest BCUT2D eigenvalue weighted by Gasteiger charge is 2.42. The summed E-state index contributed by atoms with van der Waals surface area (Å²) in [6, 6.07) is 6.80. The molecule has 0 aliphatic rings. The first kappa shape index (κ1) is 24.6. The molecule has 30 heavy (non-hydrogen) atoms. The van der Waals surface area contributed by atoms with E-state index in [-0.39, 0.29) is 0 Å². The van der Waals surface area contributed by atoms with Crippen LogP contribution >= 0.6 is 0 Å². The molecule has 0 aromatic heterocycles. The second kappa shape index (κ2) is 11.5. The van der Waals surface area contributed by atoms with Gasteiger partial charge in [0.05, 0.1) is 0 Å². The predicted octanol–water partition coefficient (Wildman–Crippen LogP) is 1.29. The highest BCUT2D eigenvalue weighted by molar-refractivity contribution is 5.96. The molecule has 1 rings (SSSR count). The number of carbonyl (C=O) groups excluding carboxylic acids is 5. The van der Waals surface area contributed by atoms with E-state index in [4.69, 9.17) is 18.9 Å². The Morgan fingerprint density at radius 2 is 1.47 bits per heavy atom. The molecule has 164 valence electrons. The van der Waals surface area contributed by atoms with E-state index < -0.39 is 54.7 Å². The van der Waals surface area contributed by atoms with Crippen molar-refractivity contribution in [3.05, 3.63) is 29.8 Å². The lowest BCUT2D eigenvalue weighted by atomic mass is 10.1. The van der Waals surface area contributed by atoms with Crippen LogP contribution in [0.5, 0.6) is 0 Å². The van der Waals surface area contributed by atoms with Gasteiger partial charge in [0.1, 0.15) is 6.61 Å². The fraction of sp³-hybridized carbons (Fsp3) is 0.450. The number of ether oxygens (including phenoxy) is 4. The molecule has 0 saturated heterocycles. The van der Waals surface area contributed by atoms with Crippen molar-refractivity contribution < 1.29 is 42.9 Å². The number of benzene rings is 1. The first-order valence-corrected chi connectivity index (χ1v) is 9.02. The van der Waals surface area contributed by atoms with E-state index in [0.717, 1.165) is 33.3 Å². The molecule has 0 saturated carbocycles. The molecule has 1 aromatic carbocycles. The van der Waals surface area contributed by atoms with Crippen LogP contribution in [0, 0.1) is 6.92 Å². The summed E-state index contributed by atoms with van der Waals surface area (Å²) < 4.78 is 20.2. The third-order valence-electron chi connectivity index (χ3n) is 3.57. The molecule has 0 aliphatic carbocycles. The Morgan fingerprint density at radius 3 is 1.97 bits per heavy atom. The second-order valence-electron chi connectivity index (χ2n) is 6.41.